The van der Waals surface area contributed by atoms with Crippen LogP contribution in [0.25, 0.3) is 43.1 Å². The molecule has 0 spiro atoms. The van der Waals surface area contributed by atoms with Gasteiger partial charge in [-0.05, 0) is 193 Å². The predicted molar refractivity (Wildman–Crippen MR) is 482 cm³/mol. The summed E-state index contributed by atoms with van der Waals surface area (Å²) in [7, 11) is 2.50. The zero-order valence-corrected chi connectivity index (χ0v) is 73.7. The minimum atomic E-state index is -0.307. The summed E-state index contributed by atoms with van der Waals surface area (Å²) in [5.74, 6) is 0.362. The number of benzene rings is 14. The summed E-state index contributed by atoms with van der Waals surface area (Å²) >= 11 is 12.0. The average Bonchev–Trinajstić information content (AvgIpc) is 1.62. The molecule has 110 heavy (non-hydrogen) atoms. The fraction of sp³-hybridized carbons (Fsp3) is 0.200. The van der Waals surface area contributed by atoms with E-state index in [1.165, 1.54) is 165 Å². The minimum absolute atomic E-state index is 0.181. The SMILES string of the molecule is Cc1cc(C)c([C@H](C)c2cc(C)ccc2N=C2C(=Nc3ccc(C)cc3[C@@H](C)c3c(C)cc(C)cc3C)c3cccc4cccc2c34)c(C)c1.Cc1ccc(N=C2C(=Nc3ccc(C)cc3C(C)(C)c3ccc4ccccc4c3)c3cccc4cccc2c34)c(C(C)(C)c2ccc3ccccc3c2)c1.[Br][Ni][Br].[Br][Ni][Br]. The van der Waals surface area contributed by atoms with Crippen molar-refractivity contribution in [2.45, 2.75) is 133 Å². The molecule has 0 N–H and O–H groups in total. The summed E-state index contributed by atoms with van der Waals surface area (Å²) in [4.78, 5) is 22.5. The number of aryl methyl sites for hydroxylation is 10. The van der Waals surface area contributed by atoms with Gasteiger partial charge in [-0.25, -0.2) is 20.0 Å². The molecule has 0 fully saturated rings. The van der Waals surface area contributed by atoms with Crippen molar-refractivity contribution in [2.75, 3.05) is 0 Å². The number of halogens is 4. The van der Waals surface area contributed by atoms with Gasteiger partial charge in [-0.1, -0.05) is 305 Å². The molecule has 0 amide bonds. The Balaban J connectivity index is 0.000000181. The molecule has 14 aromatic rings. The molecule has 0 aliphatic heterocycles. The molecule has 10 heteroatoms. The Labute approximate surface area is 691 Å². The summed E-state index contributed by atoms with van der Waals surface area (Å²) in [6.45, 7) is 36.0. The van der Waals surface area contributed by atoms with Gasteiger partial charge in [-0.3, -0.25) is 0 Å². The van der Waals surface area contributed by atoms with Crippen LogP contribution >= 0.6 is 56.9 Å². The first kappa shape index (κ1) is 79.8. The van der Waals surface area contributed by atoms with E-state index in [1.54, 1.807) is 0 Å². The van der Waals surface area contributed by atoms with E-state index in [1.807, 2.05) is 0 Å². The normalized spacial score (nSPS) is 14.5. The second-order valence-corrected chi connectivity index (χ2v) is 40.9. The average molecular weight is 1790 g/mol. The van der Waals surface area contributed by atoms with Crippen molar-refractivity contribution >= 4 is 146 Å². The van der Waals surface area contributed by atoms with Crippen LogP contribution in [-0.2, 0) is 32.6 Å². The molecule has 560 valence electrons. The maximum absolute atomic E-state index is 5.66. The molecule has 16 rings (SSSR count). The fourth-order valence-electron chi connectivity index (χ4n) is 17.2. The van der Waals surface area contributed by atoms with Gasteiger partial charge in [0, 0.05) is 55.7 Å². The summed E-state index contributed by atoms with van der Waals surface area (Å²) in [5, 5.41) is 9.84. The Bertz CT molecular complexity index is 5640. The van der Waals surface area contributed by atoms with Gasteiger partial charge < -0.3 is 0 Å². The van der Waals surface area contributed by atoms with Crippen LogP contribution in [-0.4, -0.2) is 22.8 Å². The van der Waals surface area contributed by atoms with Crippen LogP contribution in [0.4, 0.5) is 22.7 Å². The van der Waals surface area contributed by atoms with Crippen LogP contribution in [0.2, 0.25) is 0 Å². The van der Waals surface area contributed by atoms with E-state index in [2.05, 4.69) is 422 Å². The van der Waals surface area contributed by atoms with Crippen LogP contribution in [0.3, 0.4) is 0 Å². The van der Waals surface area contributed by atoms with Crippen molar-refractivity contribution in [1.82, 2.24) is 0 Å². The number of fused-ring (bicyclic) bond motifs is 2. The second kappa shape index (κ2) is 34.0. The molecule has 2 atom stereocenters. The van der Waals surface area contributed by atoms with Crippen molar-refractivity contribution in [3.8, 4) is 0 Å². The van der Waals surface area contributed by atoms with Crippen LogP contribution < -0.4 is 0 Å². The van der Waals surface area contributed by atoms with E-state index in [4.69, 9.17) is 20.0 Å². The molecular weight excluding hydrogens is 1690 g/mol. The van der Waals surface area contributed by atoms with Crippen molar-refractivity contribution in [3.05, 3.63) is 377 Å². The van der Waals surface area contributed by atoms with E-state index in [-0.39, 0.29) is 22.7 Å². The van der Waals surface area contributed by atoms with Crippen LogP contribution in [0.5, 0.6) is 0 Å². The molecule has 14 aromatic carbocycles. The maximum atomic E-state index is 5.66. The number of rotatable bonds is 12. The zero-order valence-electron chi connectivity index (χ0n) is 65.3. The number of nitrogens with zero attached hydrogens (tertiary/aromatic N) is 4. The third-order valence-corrected chi connectivity index (χ3v) is 22.4. The summed E-state index contributed by atoms with van der Waals surface area (Å²) in [5.41, 5.74) is 34.5. The van der Waals surface area contributed by atoms with E-state index >= 15 is 0 Å². The first-order chi connectivity index (χ1) is 52.8. The Kier molecular flexibility index (Phi) is 24.6. The monoisotopic (exact) mass is 1780 g/mol. The predicted octanol–water partition coefficient (Wildman–Crippen LogP) is 29.9. The number of hydrogen-bond acceptors (Lipinski definition) is 4. The first-order valence-electron chi connectivity index (χ1n) is 37.4. The molecule has 0 saturated heterocycles. The van der Waals surface area contributed by atoms with Gasteiger partial charge in [-0.15, -0.1) is 0 Å². The van der Waals surface area contributed by atoms with E-state index in [0.29, 0.717) is 0 Å². The fourth-order valence-corrected chi connectivity index (χ4v) is 17.2. The zero-order chi connectivity index (χ0) is 78.0. The van der Waals surface area contributed by atoms with Crippen molar-refractivity contribution in [2.24, 2.45) is 20.0 Å². The molecule has 2 aliphatic rings. The molecule has 0 heterocycles. The van der Waals surface area contributed by atoms with Crippen LogP contribution in [0.1, 0.15) is 176 Å². The summed E-state index contributed by atoms with van der Waals surface area (Å²) in [6, 6.07) is 93.2. The van der Waals surface area contributed by atoms with Crippen molar-refractivity contribution in [3.63, 3.8) is 0 Å². The van der Waals surface area contributed by atoms with Crippen LogP contribution in [0.15, 0.2) is 275 Å². The van der Waals surface area contributed by atoms with Gasteiger partial charge in [-0.2, -0.15) is 0 Å². The molecule has 4 nitrogen and oxygen atoms in total. The van der Waals surface area contributed by atoms with Crippen molar-refractivity contribution < 1.29 is 21.8 Å². The molecule has 0 unspecified atom stereocenters. The van der Waals surface area contributed by atoms with Gasteiger partial charge in [0.1, 0.15) is 0 Å². The van der Waals surface area contributed by atoms with Gasteiger partial charge in [0.25, 0.3) is 0 Å². The van der Waals surface area contributed by atoms with Gasteiger partial charge in [0.2, 0.25) is 0 Å². The Morgan fingerprint density at radius 3 is 0.864 bits per heavy atom. The molecule has 2 aliphatic carbocycles. The van der Waals surface area contributed by atoms with E-state index in [9.17, 15) is 0 Å². The quantitative estimate of drug-likeness (QED) is 0.110. The topological polar surface area (TPSA) is 49.4 Å². The Hall–Kier alpha value is -8.29. The van der Waals surface area contributed by atoms with Gasteiger partial charge in [0.05, 0.1) is 45.6 Å². The molecule has 0 aromatic heterocycles. The third-order valence-electron chi connectivity index (χ3n) is 22.4. The third kappa shape index (κ3) is 16.4. The standard InChI is InChI=1S/C52H44N2.C48H48N2.4BrH.2Ni/c1-33-21-27-46(44(29-33)51(3,4)40-25-23-35-13-7-9-15-38(35)31-40)53-49-42-19-11-17-37-18-12-20-43(48(37)42)50(49)54-47-28-22-34(2)30-45(47)52(5,6)41-26-24-36-14-8-10-16-39(36)32-41;1-27-17-19-42(40(25-27)35(9)44-31(5)21-29(3)22-32(44)6)49-47-38-15-11-13-37-14-12-16-39(46(37)38)48(47)50-43-20-18-28(2)26-41(43)36(10)45-33(7)23-30(4)24-34(45)8;;;;;;/h7-32H,1-6H3;11-26,35-36H,1-10H3;4*1H;;/q;;;;;;2*+2/p-4/t;35-,36-;;;;;;/m.1....../s1. The van der Waals surface area contributed by atoms with Crippen molar-refractivity contribution in [1.29, 1.82) is 0 Å². The van der Waals surface area contributed by atoms with E-state index < -0.39 is 0 Å². The summed E-state index contributed by atoms with van der Waals surface area (Å²) in [6.07, 6.45) is 0. The summed E-state index contributed by atoms with van der Waals surface area (Å²) < 4.78 is 0. The molecular formula is C100H92Br4N4Ni2. The Morgan fingerprint density at radius 1 is 0.273 bits per heavy atom. The Morgan fingerprint density at radius 2 is 0.545 bits per heavy atom. The van der Waals surface area contributed by atoms with Crippen LogP contribution in [0, 0.1) is 69.2 Å². The second-order valence-electron chi connectivity index (χ2n) is 31.0. The molecule has 0 radical (unpaired) electrons. The molecule has 0 saturated carbocycles. The first-order valence-corrected chi connectivity index (χ1v) is 47.2. The molecule has 0 bridgehead atoms. The van der Waals surface area contributed by atoms with E-state index in [0.717, 1.165) is 67.9 Å². The number of aliphatic imine (C=N–C) groups is 4. The van der Waals surface area contributed by atoms with Gasteiger partial charge >= 0.3 is 78.7 Å². The van der Waals surface area contributed by atoms with Gasteiger partial charge in [0.15, 0.2) is 0 Å². The number of hydrogen-bond donors (Lipinski definition) is 0.